The highest BCUT2D eigenvalue weighted by Crippen LogP contribution is 1.95. The van der Waals surface area contributed by atoms with Crippen molar-refractivity contribution < 1.29 is 9.90 Å². The standard InChI is InChI=1S/C10H22N2O2/c1-4-5-8(2)12-10(14)9(3)11-6-7-13/h8-9,11,13H,4-7H2,1-3H3,(H,12,14). The van der Waals surface area contributed by atoms with Gasteiger partial charge in [0.1, 0.15) is 0 Å². The van der Waals surface area contributed by atoms with E-state index in [2.05, 4.69) is 17.6 Å². The zero-order valence-corrected chi connectivity index (χ0v) is 9.34. The van der Waals surface area contributed by atoms with E-state index in [4.69, 9.17) is 5.11 Å². The molecule has 0 saturated carbocycles. The average molecular weight is 202 g/mol. The molecule has 3 N–H and O–H groups in total. The van der Waals surface area contributed by atoms with Crippen LogP contribution in [0.3, 0.4) is 0 Å². The number of hydrogen-bond donors (Lipinski definition) is 3. The van der Waals surface area contributed by atoms with E-state index in [0.29, 0.717) is 6.54 Å². The van der Waals surface area contributed by atoms with Crippen molar-refractivity contribution in [2.45, 2.75) is 45.7 Å². The topological polar surface area (TPSA) is 61.4 Å². The van der Waals surface area contributed by atoms with Gasteiger partial charge in [-0.2, -0.15) is 0 Å². The first-order chi connectivity index (χ1) is 6.61. The molecule has 4 nitrogen and oxygen atoms in total. The van der Waals surface area contributed by atoms with Crippen molar-refractivity contribution in [3.8, 4) is 0 Å². The summed E-state index contributed by atoms with van der Waals surface area (Å²) in [5.74, 6) is -0.000556. The number of amides is 1. The van der Waals surface area contributed by atoms with Crippen molar-refractivity contribution in [3.05, 3.63) is 0 Å². The van der Waals surface area contributed by atoms with E-state index in [0.717, 1.165) is 12.8 Å². The summed E-state index contributed by atoms with van der Waals surface area (Å²) in [6.45, 7) is 6.40. The van der Waals surface area contributed by atoms with Gasteiger partial charge in [0.05, 0.1) is 12.6 Å². The zero-order chi connectivity index (χ0) is 11.0. The van der Waals surface area contributed by atoms with Gasteiger partial charge in [-0.05, 0) is 20.3 Å². The van der Waals surface area contributed by atoms with Crippen LogP contribution in [-0.4, -0.2) is 36.2 Å². The van der Waals surface area contributed by atoms with Gasteiger partial charge >= 0.3 is 0 Å². The third kappa shape index (κ3) is 5.94. The van der Waals surface area contributed by atoms with Crippen molar-refractivity contribution in [3.63, 3.8) is 0 Å². The first-order valence-electron chi connectivity index (χ1n) is 5.26. The summed E-state index contributed by atoms with van der Waals surface area (Å²) >= 11 is 0. The van der Waals surface area contributed by atoms with Crippen LogP contribution < -0.4 is 10.6 Å². The Balaban J connectivity index is 3.71. The molecule has 0 fully saturated rings. The smallest absolute Gasteiger partial charge is 0.237 e. The Hall–Kier alpha value is -0.610. The summed E-state index contributed by atoms with van der Waals surface area (Å²) < 4.78 is 0. The van der Waals surface area contributed by atoms with Gasteiger partial charge in [-0.3, -0.25) is 4.79 Å². The largest absolute Gasteiger partial charge is 0.395 e. The third-order valence-electron chi connectivity index (χ3n) is 2.07. The van der Waals surface area contributed by atoms with Crippen LogP contribution in [0.5, 0.6) is 0 Å². The molecule has 0 rings (SSSR count). The molecule has 0 aliphatic heterocycles. The lowest BCUT2D eigenvalue weighted by molar-refractivity contribution is -0.123. The Labute approximate surface area is 86.1 Å². The van der Waals surface area contributed by atoms with E-state index in [9.17, 15) is 4.79 Å². The highest BCUT2D eigenvalue weighted by Gasteiger charge is 2.13. The van der Waals surface area contributed by atoms with Crippen LogP contribution in [0.25, 0.3) is 0 Å². The van der Waals surface area contributed by atoms with E-state index < -0.39 is 0 Å². The Morgan fingerprint density at radius 3 is 2.57 bits per heavy atom. The fourth-order valence-corrected chi connectivity index (χ4v) is 1.25. The maximum atomic E-state index is 11.5. The Morgan fingerprint density at radius 2 is 2.07 bits per heavy atom. The van der Waals surface area contributed by atoms with Crippen LogP contribution in [0.15, 0.2) is 0 Å². The van der Waals surface area contributed by atoms with E-state index in [1.165, 1.54) is 0 Å². The summed E-state index contributed by atoms with van der Waals surface area (Å²) in [6, 6.07) is -0.00710. The first kappa shape index (κ1) is 13.4. The molecule has 0 aliphatic carbocycles. The van der Waals surface area contributed by atoms with E-state index in [1.54, 1.807) is 6.92 Å². The van der Waals surface area contributed by atoms with Gasteiger partial charge in [-0.15, -0.1) is 0 Å². The van der Waals surface area contributed by atoms with Gasteiger partial charge in [0, 0.05) is 12.6 Å². The summed E-state index contributed by atoms with van der Waals surface area (Å²) in [7, 11) is 0. The summed E-state index contributed by atoms with van der Waals surface area (Å²) in [5.41, 5.74) is 0. The zero-order valence-electron chi connectivity index (χ0n) is 9.34. The molecular weight excluding hydrogens is 180 g/mol. The lowest BCUT2D eigenvalue weighted by Crippen LogP contribution is -2.46. The average Bonchev–Trinajstić information content (AvgIpc) is 2.14. The normalized spacial score (nSPS) is 14.9. The van der Waals surface area contributed by atoms with Crippen molar-refractivity contribution >= 4 is 5.91 Å². The molecule has 0 radical (unpaired) electrons. The van der Waals surface area contributed by atoms with Crippen LogP contribution in [-0.2, 0) is 4.79 Å². The maximum Gasteiger partial charge on any atom is 0.237 e. The Bertz CT molecular complexity index is 162. The first-order valence-corrected chi connectivity index (χ1v) is 5.26. The molecule has 0 bridgehead atoms. The van der Waals surface area contributed by atoms with Crippen LogP contribution in [0.1, 0.15) is 33.6 Å². The second-order valence-electron chi connectivity index (χ2n) is 3.60. The molecular formula is C10H22N2O2. The van der Waals surface area contributed by atoms with Gasteiger partial charge in [-0.25, -0.2) is 0 Å². The maximum absolute atomic E-state index is 11.5. The van der Waals surface area contributed by atoms with Crippen molar-refractivity contribution in [1.82, 2.24) is 10.6 Å². The lowest BCUT2D eigenvalue weighted by atomic mass is 10.2. The number of hydrogen-bond acceptors (Lipinski definition) is 3. The second-order valence-corrected chi connectivity index (χ2v) is 3.60. The molecule has 14 heavy (non-hydrogen) atoms. The van der Waals surface area contributed by atoms with Gasteiger partial charge < -0.3 is 15.7 Å². The van der Waals surface area contributed by atoms with Gasteiger partial charge in [0.15, 0.2) is 0 Å². The number of rotatable bonds is 7. The molecule has 84 valence electrons. The van der Waals surface area contributed by atoms with Crippen molar-refractivity contribution in [1.29, 1.82) is 0 Å². The molecule has 0 saturated heterocycles. The summed E-state index contributed by atoms with van der Waals surface area (Å²) in [5, 5.41) is 14.4. The van der Waals surface area contributed by atoms with Gasteiger partial charge in [0.25, 0.3) is 0 Å². The molecule has 0 aliphatic rings. The molecule has 0 spiro atoms. The van der Waals surface area contributed by atoms with Crippen molar-refractivity contribution in [2.75, 3.05) is 13.2 Å². The second kappa shape index (κ2) is 7.76. The highest BCUT2D eigenvalue weighted by molar-refractivity contribution is 5.81. The molecule has 2 atom stereocenters. The minimum absolute atomic E-state index is 0.000556. The quantitative estimate of drug-likeness (QED) is 0.555. The third-order valence-corrected chi connectivity index (χ3v) is 2.07. The Morgan fingerprint density at radius 1 is 1.43 bits per heavy atom. The summed E-state index contributed by atoms with van der Waals surface area (Å²) in [6.07, 6.45) is 2.07. The molecule has 1 amide bonds. The number of aliphatic hydroxyl groups excluding tert-OH is 1. The van der Waals surface area contributed by atoms with E-state index in [1.807, 2.05) is 6.92 Å². The molecule has 0 heterocycles. The van der Waals surface area contributed by atoms with Gasteiger partial charge in [-0.1, -0.05) is 13.3 Å². The number of nitrogens with one attached hydrogen (secondary N) is 2. The van der Waals surface area contributed by atoms with Gasteiger partial charge in [0.2, 0.25) is 5.91 Å². The van der Waals surface area contributed by atoms with Crippen LogP contribution >= 0.6 is 0 Å². The number of aliphatic hydroxyl groups is 1. The molecule has 0 aromatic heterocycles. The number of carbonyl (C=O) groups excluding carboxylic acids is 1. The fraction of sp³-hybridized carbons (Fsp3) is 0.900. The lowest BCUT2D eigenvalue weighted by Gasteiger charge is -2.17. The Kier molecular flexibility index (Phi) is 7.42. The predicted octanol–water partition coefficient (Wildman–Crippen LogP) is 0.262. The minimum Gasteiger partial charge on any atom is -0.395 e. The van der Waals surface area contributed by atoms with Crippen LogP contribution in [0.4, 0.5) is 0 Å². The highest BCUT2D eigenvalue weighted by atomic mass is 16.3. The van der Waals surface area contributed by atoms with Crippen LogP contribution in [0, 0.1) is 0 Å². The van der Waals surface area contributed by atoms with Crippen molar-refractivity contribution in [2.24, 2.45) is 0 Å². The minimum atomic E-state index is -0.235. The number of carbonyl (C=O) groups is 1. The fourth-order valence-electron chi connectivity index (χ4n) is 1.25. The van der Waals surface area contributed by atoms with Crippen LogP contribution in [0.2, 0.25) is 0 Å². The molecule has 4 heteroatoms. The van der Waals surface area contributed by atoms with E-state index >= 15 is 0 Å². The SMILES string of the molecule is CCCC(C)NC(=O)C(C)NCCO. The molecule has 2 unspecified atom stereocenters. The van der Waals surface area contributed by atoms with E-state index in [-0.39, 0.29) is 24.6 Å². The summed E-state index contributed by atoms with van der Waals surface area (Å²) in [4.78, 5) is 11.5. The molecule has 0 aromatic rings. The monoisotopic (exact) mass is 202 g/mol. The molecule has 0 aromatic carbocycles. The predicted molar refractivity (Wildman–Crippen MR) is 57.1 cm³/mol.